The molecule has 11 nitrogen and oxygen atoms in total. The summed E-state index contributed by atoms with van der Waals surface area (Å²) in [6, 6.07) is 20.9. The number of para-hydroxylation sites is 2. The highest BCUT2D eigenvalue weighted by molar-refractivity contribution is 5.95. The molecule has 0 saturated carbocycles. The first-order chi connectivity index (χ1) is 20.4. The summed E-state index contributed by atoms with van der Waals surface area (Å²) < 4.78 is 25.0. The van der Waals surface area contributed by atoms with E-state index in [0.717, 1.165) is 6.20 Å². The van der Waals surface area contributed by atoms with E-state index >= 15 is 0 Å². The molecule has 0 fully saturated rings. The molecule has 0 aliphatic heterocycles. The van der Waals surface area contributed by atoms with E-state index in [2.05, 4.69) is 31.2 Å². The Kier molecular flexibility index (Phi) is 10.6. The van der Waals surface area contributed by atoms with Gasteiger partial charge in [0.2, 0.25) is 17.8 Å². The van der Waals surface area contributed by atoms with Crippen molar-refractivity contribution < 1.29 is 23.5 Å². The molecule has 1 aromatic heterocycles. The number of nitrogen functional groups attached to an aromatic ring is 1. The Hall–Kier alpha value is -5.23. The highest BCUT2D eigenvalue weighted by Crippen LogP contribution is 2.24. The number of rotatable bonds is 14. The summed E-state index contributed by atoms with van der Waals surface area (Å²) in [4.78, 5) is 32.9. The van der Waals surface area contributed by atoms with E-state index < -0.39 is 5.82 Å². The molecule has 4 rings (SSSR count). The molecule has 12 heteroatoms. The number of hydrogen-bond acceptors (Lipinski definition) is 9. The molecular formula is C30H32FN7O4. The lowest BCUT2D eigenvalue weighted by molar-refractivity contribution is -0.117. The number of hydrogen-bond donors (Lipinski definition) is 5. The van der Waals surface area contributed by atoms with E-state index in [1.807, 2.05) is 0 Å². The maximum Gasteiger partial charge on any atom is 0.229 e. The van der Waals surface area contributed by atoms with Crippen LogP contribution in [0.5, 0.6) is 5.75 Å². The van der Waals surface area contributed by atoms with Crippen molar-refractivity contribution >= 4 is 52.0 Å². The quantitative estimate of drug-likeness (QED) is 0.0978. The highest BCUT2D eigenvalue weighted by atomic mass is 19.1. The molecule has 0 spiro atoms. The summed E-state index contributed by atoms with van der Waals surface area (Å²) in [5.41, 5.74) is 8.56. The van der Waals surface area contributed by atoms with Crippen molar-refractivity contribution in [1.82, 2.24) is 9.97 Å². The first-order valence-corrected chi connectivity index (χ1v) is 13.2. The predicted octanol–water partition coefficient (Wildman–Crippen LogP) is 5.46. The minimum absolute atomic E-state index is 0.0411. The molecule has 0 bridgehead atoms. The number of nitrogens with one attached hydrogen (secondary N) is 4. The Bertz CT molecular complexity index is 1500. The number of carbonyl (C=O) groups excluding carboxylic acids is 2. The van der Waals surface area contributed by atoms with Gasteiger partial charge in [0.1, 0.15) is 12.4 Å². The van der Waals surface area contributed by atoms with Crippen LogP contribution >= 0.6 is 0 Å². The molecule has 0 aliphatic carbocycles. The number of nitrogens with zero attached hydrogens (tertiary/aromatic N) is 2. The van der Waals surface area contributed by atoms with Gasteiger partial charge in [0, 0.05) is 37.0 Å². The summed E-state index contributed by atoms with van der Waals surface area (Å²) in [7, 11) is 1.61. The van der Waals surface area contributed by atoms with Crippen LogP contribution < -0.4 is 31.7 Å². The van der Waals surface area contributed by atoms with Crippen LogP contribution in [0, 0.1) is 5.82 Å². The van der Waals surface area contributed by atoms with Gasteiger partial charge < -0.3 is 36.5 Å². The molecular weight excluding hydrogens is 541 g/mol. The SMILES string of the molecule is COCCOc1ccc(Nc2ncc(F)c(Nc3cccc(NC(=O)CCCC(=O)Nc4ccccc4N)c3)n2)cc1. The molecule has 6 N–H and O–H groups in total. The Balaban J connectivity index is 1.28. The van der Waals surface area contributed by atoms with Crippen molar-refractivity contribution in [2.24, 2.45) is 0 Å². The normalized spacial score (nSPS) is 10.5. The van der Waals surface area contributed by atoms with E-state index in [1.165, 1.54) is 0 Å². The van der Waals surface area contributed by atoms with Crippen LogP contribution in [0.15, 0.2) is 79.0 Å². The highest BCUT2D eigenvalue weighted by Gasteiger charge is 2.11. The summed E-state index contributed by atoms with van der Waals surface area (Å²) in [5.74, 6) is -0.292. The molecule has 218 valence electrons. The number of methoxy groups -OCH3 is 1. The Morgan fingerprint density at radius 3 is 2.36 bits per heavy atom. The molecule has 0 radical (unpaired) electrons. The summed E-state index contributed by atoms with van der Waals surface area (Å²) in [6.07, 6.45) is 1.73. The fourth-order valence-corrected chi connectivity index (χ4v) is 3.79. The van der Waals surface area contributed by atoms with E-state index in [4.69, 9.17) is 15.2 Å². The second kappa shape index (κ2) is 15.0. The van der Waals surface area contributed by atoms with Crippen molar-refractivity contribution in [2.45, 2.75) is 19.3 Å². The van der Waals surface area contributed by atoms with Gasteiger partial charge in [-0.25, -0.2) is 9.37 Å². The standard InChI is InChI=1S/C30H32FN7O4/c1-41-16-17-42-23-14-12-20(13-15-23)36-30-33-19-24(31)29(38-30)35-22-7-4-6-21(18-22)34-27(39)10-5-11-28(40)37-26-9-3-2-8-25(26)32/h2-4,6-9,12-15,18-19H,5,10-11,16-17,32H2,1H3,(H,34,39)(H,37,40)(H2,33,35,36,38). The predicted molar refractivity (Wildman–Crippen MR) is 161 cm³/mol. The monoisotopic (exact) mass is 573 g/mol. The van der Waals surface area contributed by atoms with E-state index in [0.29, 0.717) is 53.8 Å². The number of ether oxygens (including phenoxy) is 2. The van der Waals surface area contributed by atoms with E-state index in [-0.39, 0.29) is 36.4 Å². The van der Waals surface area contributed by atoms with Gasteiger partial charge >= 0.3 is 0 Å². The van der Waals surface area contributed by atoms with Crippen LogP contribution in [0.3, 0.4) is 0 Å². The minimum atomic E-state index is -0.646. The van der Waals surface area contributed by atoms with Crippen molar-refractivity contribution in [3.8, 4) is 5.75 Å². The molecule has 0 aliphatic rings. The number of aromatic nitrogens is 2. The average Bonchev–Trinajstić information content (AvgIpc) is 2.97. The summed E-state index contributed by atoms with van der Waals surface area (Å²) >= 11 is 0. The van der Waals surface area contributed by atoms with Gasteiger partial charge in [-0.15, -0.1) is 0 Å². The number of benzene rings is 3. The number of carbonyl (C=O) groups is 2. The van der Waals surface area contributed by atoms with Crippen molar-refractivity contribution in [3.05, 3.63) is 84.8 Å². The Labute approximate surface area is 242 Å². The van der Waals surface area contributed by atoms with Crippen molar-refractivity contribution in [1.29, 1.82) is 0 Å². The van der Waals surface area contributed by atoms with Crippen molar-refractivity contribution in [3.63, 3.8) is 0 Å². The Morgan fingerprint density at radius 2 is 1.60 bits per heavy atom. The van der Waals surface area contributed by atoms with Crippen LogP contribution in [0.1, 0.15) is 19.3 Å². The van der Waals surface area contributed by atoms with Gasteiger partial charge in [0.25, 0.3) is 0 Å². The van der Waals surface area contributed by atoms with E-state index in [1.54, 1.807) is 79.9 Å². The smallest absolute Gasteiger partial charge is 0.229 e. The van der Waals surface area contributed by atoms with Crippen LogP contribution in [0.25, 0.3) is 0 Å². The number of amides is 2. The molecule has 42 heavy (non-hydrogen) atoms. The van der Waals surface area contributed by atoms with Crippen LogP contribution in [-0.4, -0.2) is 42.1 Å². The zero-order chi connectivity index (χ0) is 29.7. The fourth-order valence-electron chi connectivity index (χ4n) is 3.79. The van der Waals surface area contributed by atoms with Gasteiger partial charge in [-0.3, -0.25) is 9.59 Å². The van der Waals surface area contributed by atoms with Crippen LogP contribution in [0.2, 0.25) is 0 Å². The first-order valence-electron chi connectivity index (χ1n) is 13.2. The second-order valence-corrected chi connectivity index (χ2v) is 9.12. The van der Waals surface area contributed by atoms with Gasteiger partial charge in [-0.05, 0) is 61.0 Å². The van der Waals surface area contributed by atoms with Gasteiger partial charge in [0.15, 0.2) is 11.6 Å². The third-order valence-electron chi connectivity index (χ3n) is 5.86. The van der Waals surface area contributed by atoms with E-state index in [9.17, 15) is 14.0 Å². The molecule has 0 saturated heterocycles. The first kappa shape index (κ1) is 29.7. The molecule has 1 heterocycles. The number of nitrogens with two attached hydrogens (primary N) is 1. The topological polar surface area (TPSA) is 153 Å². The van der Waals surface area contributed by atoms with Crippen LogP contribution in [-0.2, 0) is 14.3 Å². The molecule has 2 amide bonds. The largest absolute Gasteiger partial charge is 0.491 e. The third kappa shape index (κ3) is 9.17. The van der Waals surface area contributed by atoms with Gasteiger partial charge in [0.05, 0.1) is 24.2 Å². The maximum atomic E-state index is 14.5. The lowest BCUT2D eigenvalue weighted by atomic mass is 10.2. The van der Waals surface area contributed by atoms with Crippen molar-refractivity contribution in [2.75, 3.05) is 47.3 Å². The third-order valence-corrected chi connectivity index (χ3v) is 5.86. The molecule has 3 aromatic carbocycles. The van der Waals surface area contributed by atoms with Crippen LogP contribution in [0.4, 0.5) is 44.6 Å². The lowest BCUT2D eigenvalue weighted by Gasteiger charge is -2.12. The fraction of sp³-hybridized carbons (Fsp3) is 0.200. The molecule has 0 unspecified atom stereocenters. The lowest BCUT2D eigenvalue weighted by Crippen LogP contribution is -2.15. The van der Waals surface area contributed by atoms with Gasteiger partial charge in [-0.2, -0.15) is 4.98 Å². The summed E-state index contributed by atoms with van der Waals surface area (Å²) in [6.45, 7) is 0.926. The average molecular weight is 574 g/mol. The second-order valence-electron chi connectivity index (χ2n) is 9.12. The number of halogens is 1. The molecule has 0 atom stereocenters. The summed E-state index contributed by atoms with van der Waals surface area (Å²) in [5, 5.41) is 11.5. The zero-order valence-corrected chi connectivity index (χ0v) is 23.0. The Morgan fingerprint density at radius 1 is 0.857 bits per heavy atom. The van der Waals surface area contributed by atoms with Gasteiger partial charge in [-0.1, -0.05) is 18.2 Å². The number of anilines is 7. The zero-order valence-electron chi connectivity index (χ0n) is 23.0. The molecule has 4 aromatic rings. The minimum Gasteiger partial charge on any atom is -0.491 e. The maximum absolute atomic E-state index is 14.5.